The Hall–Kier alpha value is -1.93. The van der Waals surface area contributed by atoms with Crippen molar-refractivity contribution < 1.29 is 19.0 Å². The second-order valence-electron chi connectivity index (χ2n) is 9.66. The third-order valence-corrected chi connectivity index (χ3v) is 6.28. The van der Waals surface area contributed by atoms with E-state index in [9.17, 15) is 4.79 Å². The summed E-state index contributed by atoms with van der Waals surface area (Å²) in [5.41, 5.74) is 7.40. The maximum Gasteiger partial charge on any atom is 0.410 e. The highest BCUT2D eigenvalue weighted by Gasteiger charge is 2.26. The number of nitrogen functional groups attached to an aromatic ring is 1. The molecule has 1 aromatic rings. The van der Waals surface area contributed by atoms with Crippen LogP contribution in [0, 0.1) is 0 Å². The maximum absolute atomic E-state index is 12.2. The molecule has 0 aliphatic carbocycles. The van der Waals surface area contributed by atoms with Crippen molar-refractivity contribution in [3.05, 3.63) is 18.2 Å². The summed E-state index contributed by atoms with van der Waals surface area (Å²) >= 11 is 0. The number of rotatable bonds is 7. The quantitative estimate of drug-likeness (QED) is 0.309. The van der Waals surface area contributed by atoms with Crippen LogP contribution < -0.4 is 15.4 Å². The van der Waals surface area contributed by atoms with Gasteiger partial charge in [-0.3, -0.25) is 0 Å². The zero-order chi connectivity index (χ0) is 21.7. The van der Waals surface area contributed by atoms with Gasteiger partial charge in [0.15, 0.2) is 6.79 Å². The second kappa shape index (κ2) is 9.71. The van der Waals surface area contributed by atoms with E-state index in [4.69, 9.17) is 19.9 Å². The van der Waals surface area contributed by atoms with Crippen molar-refractivity contribution in [3.8, 4) is 5.75 Å². The van der Waals surface area contributed by atoms with Gasteiger partial charge in [0.1, 0.15) is 11.4 Å². The minimum atomic E-state index is -1.08. The Balaban J connectivity index is 1.81. The van der Waals surface area contributed by atoms with Crippen molar-refractivity contribution in [2.45, 2.75) is 52.1 Å². The number of hydrogen-bond donors (Lipinski definition) is 1. The normalized spacial score (nSPS) is 15.4. The predicted molar refractivity (Wildman–Crippen MR) is 120 cm³/mol. The molecule has 0 bridgehead atoms. The van der Waals surface area contributed by atoms with Crippen LogP contribution in [-0.4, -0.2) is 64.2 Å². The van der Waals surface area contributed by atoms with E-state index in [1.165, 1.54) is 0 Å². The Kier molecular flexibility index (Phi) is 7.82. The lowest BCUT2D eigenvalue weighted by Crippen LogP contribution is -2.50. The first-order chi connectivity index (χ1) is 13.4. The lowest BCUT2D eigenvalue weighted by Gasteiger charge is -2.37. The average Bonchev–Trinajstić information content (AvgIpc) is 2.59. The molecular formula is C21H37N3O4Si. The van der Waals surface area contributed by atoms with E-state index in [0.29, 0.717) is 37.6 Å². The topological polar surface area (TPSA) is 77.3 Å². The van der Waals surface area contributed by atoms with Gasteiger partial charge in [0, 0.05) is 46.9 Å². The van der Waals surface area contributed by atoms with E-state index in [0.717, 1.165) is 18.3 Å². The molecule has 1 fully saturated rings. The molecule has 7 nitrogen and oxygen atoms in total. The Morgan fingerprint density at radius 2 is 1.79 bits per heavy atom. The van der Waals surface area contributed by atoms with Gasteiger partial charge in [-0.05, 0) is 38.9 Å². The van der Waals surface area contributed by atoms with Crippen LogP contribution in [0.3, 0.4) is 0 Å². The summed E-state index contributed by atoms with van der Waals surface area (Å²) in [6.07, 6.45) is -0.261. The SMILES string of the molecule is CC(C)(C)OC(=O)N1CCN(c2ccc(OCOCC[Si](C)(C)C)cc2N)CC1. The van der Waals surface area contributed by atoms with E-state index in [1.807, 2.05) is 39.0 Å². The van der Waals surface area contributed by atoms with Gasteiger partial charge in [-0.1, -0.05) is 19.6 Å². The minimum Gasteiger partial charge on any atom is -0.467 e. The monoisotopic (exact) mass is 423 g/mol. The molecule has 1 amide bonds. The molecule has 8 heteroatoms. The molecule has 0 aromatic heterocycles. The summed E-state index contributed by atoms with van der Waals surface area (Å²) in [7, 11) is -1.08. The van der Waals surface area contributed by atoms with Crippen molar-refractivity contribution >= 4 is 25.5 Å². The molecule has 0 radical (unpaired) electrons. The number of carbonyl (C=O) groups excluding carboxylic acids is 1. The highest BCUT2D eigenvalue weighted by molar-refractivity contribution is 6.76. The largest absolute Gasteiger partial charge is 0.467 e. The Bertz CT molecular complexity index is 677. The number of benzene rings is 1. The Labute approximate surface area is 176 Å². The molecular weight excluding hydrogens is 386 g/mol. The van der Waals surface area contributed by atoms with Crippen LogP contribution in [0.5, 0.6) is 5.75 Å². The fourth-order valence-electron chi connectivity index (χ4n) is 2.91. The van der Waals surface area contributed by atoms with E-state index < -0.39 is 13.7 Å². The van der Waals surface area contributed by atoms with Crippen LogP contribution in [0.4, 0.5) is 16.2 Å². The van der Waals surface area contributed by atoms with Crippen molar-refractivity contribution in [1.82, 2.24) is 4.90 Å². The molecule has 1 aliphatic rings. The van der Waals surface area contributed by atoms with Crippen LogP contribution in [-0.2, 0) is 9.47 Å². The van der Waals surface area contributed by atoms with Crippen molar-refractivity contribution in [2.24, 2.45) is 0 Å². The van der Waals surface area contributed by atoms with Gasteiger partial charge >= 0.3 is 6.09 Å². The Morgan fingerprint density at radius 3 is 2.34 bits per heavy atom. The number of piperazine rings is 1. The molecule has 1 aromatic carbocycles. The smallest absolute Gasteiger partial charge is 0.410 e. The number of hydrogen-bond acceptors (Lipinski definition) is 6. The Morgan fingerprint density at radius 1 is 1.14 bits per heavy atom. The number of amides is 1. The van der Waals surface area contributed by atoms with Gasteiger partial charge < -0.3 is 29.7 Å². The van der Waals surface area contributed by atoms with Crippen LogP contribution >= 0.6 is 0 Å². The van der Waals surface area contributed by atoms with Gasteiger partial charge in [0.25, 0.3) is 0 Å². The standard InChI is InChI=1S/C21H37N3O4Si/c1-21(2,3)28-20(25)24-11-9-23(10-12-24)19-8-7-17(15-18(19)22)27-16-26-13-14-29(4,5)6/h7-8,15H,9-14,16,22H2,1-6H3. The molecule has 0 unspecified atom stereocenters. The molecule has 0 atom stereocenters. The van der Waals surface area contributed by atoms with E-state index >= 15 is 0 Å². The summed E-state index contributed by atoms with van der Waals surface area (Å²) < 4.78 is 16.7. The first-order valence-electron chi connectivity index (χ1n) is 10.3. The molecule has 164 valence electrons. The number of ether oxygens (including phenoxy) is 3. The van der Waals surface area contributed by atoms with Crippen molar-refractivity contribution in [2.75, 3.05) is 50.2 Å². The minimum absolute atomic E-state index is 0.234. The summed E-state index contributed by atoms with van der Waals surface area (Å²) in [6.45, 7) is 16.2. The van der Waals surface area contributed by atoms with E-state index in [-0.39, 0.29) is 12.9 Å². The summed E-state index contributed by atoms with van der Waals surface area (Å²) in [6, 6.07) is 6.83. The summed E-state index contributed by atoms with van der Waals surface area (Å²) in [5.74, 6) is 0.701. The molecule has 29 heavy (non-hydrogen) atoms. The van der Waals surface area contributed by atoms with Gasteiger partial charge in [0.2, 0.25) is 0 Å². The first kappa shape index (κ1) is 23.3. The van der Waals surface area contributed by atoms with E-state index in [1.54, 1.807) is 4.90 Å². The fourth-order valence-corrected chi connectivity index (χ4v) is 3.67. The van der Waals surface area contributed by atoms with Crippen LogP contribution in [0.2, 0.25) is 25.7 Å². The lowest BCUT2D eigenvalue weighted by atomic mass is 10.2. The van der Waals surface area contributed by atoms with Gasteiger partial charge in [-0.25, -0.2) is 4.79 Å². The summed E-state index contributed by atoms with van der Waals surface area (Å²) in [5, 5.41) is 0. The number of nitrogens with two attached hydrogens (primary N) is 1. The fraction of sp³-hybridized carbons (Fsp3) is 0.667. The summed E-state index contributed by atoms with van der Waals surface area (Å²) in [4.78, 5) is 16.1. The molecule has 1 aliphatic heterocycles. The zero-order valence-electron chi connectivity index (χ0n) is 18.8. The molecule has 0 spiro atoms. The molecule has 0 saturated carbocycles. The van der Waals surface area contributed by atoms with E-state index in [2.05, 4.69) is 24.5 Å². The average molecular weight is 424 g/mol. The zero-order valence-corrected chi connectivity index (χ0v) is 19.8. The van der Waals surface area contributed by atoms with Gasteiger partial charge in [-0.15, -0.1) is 0 Å². The second-order valence-corrected chi connectivity index (χ2v) is 15.3. The number of nitrogens with zero attached hydrogens (tertiary/aromatic N) is 2. The molecule has 1 heterocycles. The number of anilines is 2. The van der Waals surface area contributed by atoms with Crippen LogP contribution in [0.1, 0.15) is 20.8 Å². The molecule has 1 saturated heterocycles. The highest BCUT2D eigenvalue weighted by atomic mass is 28.3. The van der Waals surface area contributed by atoms with Crippen molar-refractivity contribution in [3.63, 3.8) is 0 Å². The molecule has 2 rings (SSSR count). The first-order valence-corrected chi connectivity index (χ1v) is 14.0. The lowest BCUT2D eigenvalue weighted by molar-refractivity contribution is 0.0220. The highest BCUT2D eigenvalue weighted by Crippen LogP contribution is 2.29. The van der Waals surface area contributed by atoms with Crippen LogP contribution in [0.25, 0.3) is 0 Å². The van der Waals surface area contributed by atoms with Gasteiger partial charge in [-0.2, -0.15) is 0 Å². The van der Waals surface area contributed by atoms with Crippen LogP contribution in [0.15, 0.2) is 18.2 Å². The predicted octanol–water partition coefficient (Wildman–Crippen LogP) is 4.02. The molecule has 2 N–H and O–H groups in total. The maximum atomic E-state index is 12.2. The third-order valence-electron chi connectivity index (χ3n) is 4.58. The van der Waals surface area contributed by atoms with Crippen molar-refractivity contribution in [1.29, 1.82) is 0 Å². The number of carbonyl (C=O) groups is 1. The third kappa shape index (κ3) is 8.14. The van der Waals surface area contributed by atoms with Gasteiger partial charge in [0.05, 0.1) is 11.4 Å².